The zero-order chi connectivity index (χ0) is 22.6. The third kappa shape index (κ3) is 7.74. The molecule has 0 aliphatic rings. The van der Waals surface area contributed by atoms with Crippen LogP contribution >= 0.6 is 11.3 Å². The lowest BCUT2D eigenvalue weighted by molar-refractivity contribution is -0.117. The number of fused-ring (bicyclic) bond motifs is 1. The first-order valence-electron chi connectivity index (χ1n) is 12.4. The molecule has 1 aromatic heterocycles. The molecule has 3 aromatic rings. The van der Waals surface area contributed by atoms with Crippen LogP contribution in [0.15, 0.2) is 48.5 Å². The van der Waals surface area contributed by atoms with Crippen LogP contribution in [0.1, 0.15) is 94.5 Å². The van der Waals surface area contributed by atoms with Gasteiger partial charge in [0.2, 0.25) is 5.91 Å². The third-order valence-electron chi connectivity index (χ3n) is 6.11. The van der Waals surface area contributed by atoms with Gasteiger partial charge in [0.25, 0.3) is 0 Å². The molecule has 1 unspecified atom stereocenters. The number of nitrogens with one attached hydrogen (secondary N) is 1. The van der Waals surface area contributed by atoms with Crippen molar-refractivity contribution in [3.05, 3.63) is 59.1 Å². The van der Waals surface area contributed by atoms with Crippen molar-refractivity contribution >= 4 is 33.1 Å². The highest BCUT2D eigenvalue weighted by molar-refractivity contribution is 7.18. The smallest absolute Gasteiger partial charge is 0.234 e. The first kappa shape index (κ1) is 24.4. The number of para-hydroxylation sites is 1. The van der Waals surface area contributed by atoms with Crippen molar-refractivity contribution in [2.24, 2.45) is 0 Å². The van der Waals surface area contributed by atoms with E-state index in [0.717, 1.165) is 27.3 Å². The maximum atomic E-state index is 12.7. The summed E-state index contributed by atoms with van der Waals surface area (Å²) in [5.74, 6) is -0.273. The van der Waals surface area contributed by atoms with Crippen LogP contribution in [0.2, 0.25) is 0 Å². The molecule has 3 nitrogen and oxygen atoms in total. The lowest BCUT2D eigenvalue weighted by Gasteiger charge is -2.10. The summed E-state index contributed by atoms with van der Waals surface area (Å²) < 4.78 is 1.12. The highest BCUT2D eigenvalue weighted by Crippen LogP contribution is 2.28. The summed E-state index contributed by atoms with van der Waals surface area (Å²) in [6.07, 6.45) is 14.8. The fraction of sp³-hybridized carbons (Fsp3) is 0.500. The third-order valence-corrected chi connectivity index (χ3v) is 7.33. The molecule has 32 heavy (non-hydrogen) atoms. The van der Waals surface area contributed by atoms with Crippen LogP contribution < -0.4 is 5.32 Å². The number of aryl methyl sites for hydroxylation is 1. The molecule has 0 spiro atoms. The average molecular weight is 451 g/mol. The first-order chi connectivity index (χ1) is 15.7. The molecule has 3 rings (SSSR count). The van der Waals surface area contributed by atoms with E-state index in [9.17, 15) is 4.79 Å². The number of amides is 1. The molecule has 1 atom stereocenters. The molecule has 0 bridgehead atoms. The van der Waals surface area contributed by atoms with E-state index in [4.69, 9.17) is 0 Å². The van der Waals surface area contributed by atoms with Crippen molar-refractivity contribution in [2.45, 2.75) is 90.4 Å². The van der Waals surface area contributed by atoms with E-state index < -0.39 is 0 Å². The van der Waals surface area contributed by atoms with Gasteiger partial charge in [0.15, 0.2) is 0 Å². The molecule has 4 heteroatoms. The Morgan fingerprint density at radius 3 is 2.16 bits per heavy atom. The average Bonchev–Trinajstić information content (AvgIpc) is 3.25. The summed E-state index contributed by atoms with van der Waals surface area (Å²) in [4.78, 5) is 17.3. The van der Waals surface area contributed by atoms with Gasteiger partial charge in [-0.3, -0.25) is 4.79 Å². The molecule has 1 heterocycles. The van der Waals surface area contributed by atoms with Crippen LogP contribution in [0.5, 0.6) is 0 Å². The van der Waals surface area contributed by atoms with Crippen LogP contribution in [0, 0.1) is 0 Å². The van der Waals surface area contributed by atoms with E-state index in [1.165, 1.54) is 69.8 Å². The number of hydrogen-bond acceptors (Lipinski definition) is 3. The van der Waals surface area contributed by atoms with Crippen LogP contribution in [0.4, 0.5) is 5.69 Å². The molecular formula is C28H38N2OS. The molecule has 172 valence electrons. The van der Waals surface area contributed by atoms with Gasteiger partial charge in [-0.15, -0.1) is 11.3 Å². The fourth-order valence-electron chi connectivity index (χ4n) is 4.01. The predicted octanol–water partition coefficient (Wildman–Crippen LogP) is 8.50. The van der Waals surface area contributed by atoms with Crippen molar-refractivity contribution in [3.8, 4) is 0 Å². The summed E-state index contributed by atoms with van der Waals surface area (Å²) >= 11 is 1.59. The molecule has 0 saturated carbocycles. The molecule has 1 N–H and O–H groups in total. The Morgan fingerprint density at radius 2 is 1.50 bits per heavy atom. The van der Waals surface area contributed by atoms with Gasteiger partial charge >= 0.3 is 0 Å². The Balaban J connectivity index is 1.34. The van der Waals surface area contributed by atoms with Gasteiger partial charge in [-0.25, -0.2) is 4.98 Å². The maximum absolute atomic E-state index is 12.7. The summed E-state index contributed by atoms with van der Waals surface area (Å²) in [5.41, 5.74) is 3.17. The van der Waals surface area contributed by atoms with Crippen molar-refractivity contribution in [2.75, 3.05) is 5.32 Å². The molecule has 0 aliphatic heterocycles. The second kappa shape index (κ2) is 13.4. The number of nitrogens with zero attached hydrogens (tertiary/aromatic N) is 1. The van der Waals surface area contributed by atoms with E-state index >= 15 is 0 Å². The van der Waals surface area contributed by atoms with Crippen LogP contribution in [-0.2, 0) is 11.2 Å². The monoisotopic (exact) mass is 450 g/mol. The number of carbonyl (C=O) groups excluding carboxylic acids is 1. The summed E-state index contributed by atoms with van der Waals surface area (Å²) in [6.45, 7) is 4.20. The number of carbonyl (C=O) groups is 1. The fourth-order valence-corrected chi connectivity index (χ4v) is 5.03. The van der Waals surface area contributed by atoms with Crippen molar-refractivity contribution in [1.82, 2.24) is 4.98 Å². The molecule has 2 aromatic carbocycles. The second-order valence-corrected chi connectivity index (χ2v) is 9.92. The Labute approximate surface area is 197 Å². The lowest BCUT2D eigenvalue weighted by atomic mass is 10.0. The highest BCUT2D eigenvalue weighted by Gasteiger charge is 2.19. The number of rotatable bonds is 14. The molecule has 1 amide bonds. The standard InChI is InChI=1S/C28H38N2OS/c1-3-4-5-6-7-8-9-10-11-12-15-23-18-20-24(21-19-23)29-27(31)22(2)28-30-25-16-13-14-17-26(25)32-28/h13-14,16-22H,3-12,15H2,1-2H3,(H,29,31). The number of aromatic nitrogens is 1. The Kier molecular flexibility index (Phi) is 10.2. The minimum atomic E-state index is -0.265. The molecule has 0 aliphatic carbocycles. The molecule has 0 radical (unpaired) electrons. The quantitative estimate of drug-likeness (QED) is 0.250. The minimum Gasteiger partial charge on any atom is -0.325 e. The predicted molar refractivity (Wildman–Crippen MR) is 139 cm³/mol. The second-order valence-electron chi connectivity index (χ2n) is 8.86. The summed E-state index contributed by atoms with van der Waals surface area (Å²) in [5, 5.41) is 3.91. The Bertz CT molecular complexity index is 914. The SMILES string of the molecule is CCCCCCCCCCCCc1ccc(NC(=O)C(C)c2nc3ccccc3s2)cc1. The van der Waals surface area contributed by atoms with Gasteiger partial charge in [-0.05, 0) is 49.6 Å². The number of hydrogen-bond donors (Lipinski definition) is 1. The minimum absolute atomic E-state index is 0.00787. The van der Waals surface area contributed by atoms with Crippen LogP contribution in [0.3, 0.4) is 0 Å². The van der Waals surface area contributed by atoms with Crippen molar-refractivity contribution < 1.29 is 4.79 Å². The highest BCUT2D eigenvalue weighted by atomic mass is 32.1. The van der Waals surface area contributed by atoms with Crippen molar-refractivity contribution in [3.63, 3.8) is 0 Å². The molecule has 0 fully saturated rings. The topological polar surface area (TPSA) is 42.0 Å². The van der Waals surface area contributed by atoms with E-state index in [2.05, 4.69) is 35.4 Å². The van der Waals surface area contributed by atoms with Gasteiger partial charge in [-0.2, -0.15) is 0 Å². The number of unbranched alkanes of at least 4 members (excludes halogenated alkanes) is 9. The lowest BCUT2D eigenvalue weighted by Crippen LogP contribution is -2.18. The Morgan fingerprint density at radius 1 is 0.875 bits per heavy atom. The molecule has 0 saturated heterocycles. The number of benzene rings is 2. The van der Waals surface area contributed by atoms with Gasteiger partial charge in [0.1, 0.15) is 5.01 Å². The van der Waals surface area contributed by atoms with E-state index in [1.807, 2.05) is 37.3 Å². The van der Waals surface area contributed by atoms with Crippen LogP contribution in [0.25, 0.3) is 10.2 Å². The Hall–Kier alpha value is -2.20. The van der Waals surface area contributed by atoms with E-state index in [0.29, 0.717) is 0 Å². The van der Waals surface area contributed by atoms with Gasteiger partial charge in [0, 0.05) is 5.69 Å². The van der Waals surface area contributed by atoms with E-state index in [1.54, 1.807) is 11.3 Å². The van der Waals surface area contributed by atoms with E-state index in [-0.39, 0.29) is 11.8 Å². The zero-order valence-electron chi connectivity index (χ0n) is 19.7. The van der Waals surface area contributed by atoms with Crippen molar-refractivity contribution in [1.29, 1.82) is 0 Å². The summed E-state index contributed by atoms with van der Waals surface area (Å²) in [7, 11) is 0. The first-order valence-corrected chi connectivity index (χ1v) is 13.2. The van der Waals surface area contributed by atoms with Gasteiger partial charge in [-0.1, -0.05) is 89.0 Å². The zero-order valence-corrected chi connectivity index (χ0v) is 20.6. The van der Waals surface area contributed by atoms with Gasteiger partial charge in [0.05, 0.1) is 16.1 Å². The number of thiazole rings is 1. The largest absolute Gasteiger partial charge is 0.325 e. The number of anilines is 1. The van der Waals surface area contributed by atoms with Gasteiger partial charge < -0.3 is 5.32 Å². The maximum Gasteiger partial charge on any atom is 0.234 e. The van der Waals surface area contributed by atoms with Crippen LogP contribution in [-0.4, -0.2) is 10.9 Å². The summed E-state index contributed by atoms with van der Waals surface area (Å²) in [6, 6.07) is 16.4. The molecular weight excluding hydrogens is 412 g/mol. The normalized spacial score (nSPS) is 12.2.